The molecule has 30 nitrogen and oxygen atoms in total. The highest BCUT2D eigenvalue weighted by Crippen LogP contribution is 2.39. The molecule has 0 spiro atoms. The first-order valence-corrected chi connectivity index (χ1v) is 46.6. The molecule has 7 aliphatic rings. The van der Waals surface area contributed by atoms with Crippen molar-refractivity contribution in [3.05, 3.63) is 158 Å². The number of esters is 4. The van der Waals surface area contributed by atoms with Crippen molar-refractivity contribution in [1.29, 1.82) is 0 Å². The number of hydrogen-bond acceptors (Lipinski definition) is 27. The van der Waals surface area contributed by atoms with Crippen LogP contribution < -0.4 is 20.0 Å². The van der Waals surface area contributed by atoms with Crippen molar-refractivity contribution in [3.63, 3.8) is 0 Å². The van der Waals surface area contributed by atoms with E-state index in [0.717, 1.165) is 6.08 Å². The molecule has 3 amide bonds. The fraction of sp³-hybridized carbons (Fsp3) is 0.546. The van der Waals surface area contributed by atoms with Gasteiger partial charge in [0.15, 0.2) is 35.0 Å². The number of nitrogens with one attached hydrogen (secondary N) is 1. The van der Waals surface area contributed by atoms with Gasteiger partial charge in [0.05, 0.1) is 35.0 Å². The summed E-state index contributed by atoms with van der Waals surface area (Å²) in [7, 11) is 6.50. The normalized spacial score (nSPS) is 27.8. The summed E-state index contributed by atoms with van der Waals surface area (Å²) in [6.45, 7) is 49.3. The van der Waals surface area contributed by atoms with Gasteiger partial charge in [-0.05, 0) is 224 Å². The van der Waals surface area contributed by atoms with Gasteiger partial charge in [0, 0.05) is 135 Å². The summed E-state index contributed by atoms with van der Waals surface area (Å²) in [4.78, 5) is 120. The molecule has 3 fully saturated rings. The maximum Gasteiger partial charge on any atom is 0.414 e. The average Bonchev–Trinajstić information content (AvgIpc) is 1.57. The van der Waals surface area contributed by atoms with Gasteiger partial charge in [0.25, 0.3) is 0 Å². The van der Waals surface area contributed by atoms with Crippen LogP contribution >= 0.6 is 0 Å². The molecule has 18 atom stereocenters. The maximum absolute atomic E-state index is 13.3. The summed E-state index contributed by atoms with van der Waals surface area (Å²) >= 11 is 0. The number of ketones is 2. The zero-order valence-electron chi connectivity index (χ0n) is 85.6. The number of amides is 3. The largest absolute Gasteiger partial charge is 0.507 e. The van der Waals surface area contributed by atoms with E-state index in [9.17, 15) is 63.6 Å². The highest BCUT2D eigenvalue weighted by molar-refractivity contribution is 6.00. The van der Waals surface area contributed by atoms with Crippen LogP contribution in [0, 0.1) is 97.7 Å². The number of carbonyl (C=O) groups is 9. The number of phenols is 1. The van der Waals surface area contributed by atoms with E-state index >= 15 is 0 Å². The number of nitrogens with zero attached hydrogens (tertiary/aromatic N) is 3. The monoisotopic (exact) mass is 1910 g/mol. The SMILES string of the molecule is CNc1cc(O)c2c(c1)C#CC[C@H](O)[C@H](O)C(=O)/C=C\[C@@H](C)[C@H](C)OC2=O.Cc1cc(N(C)C(=O)OC(C)(C)C)cc2c1C(=O)O[C@@H](C)[C@H](C)/C=C\C(=O)[C@H]1OC(C)(C)O[C@H]1CC#C2.Cc1cc(N(C)C(=O)OC(C)(C)C)cc2c1C(=O)O[C@@H](C)[C@H](C)/C=C\[C@@H](C)[C@H]1OC(C)(C)O[C@H]1CC#C2.Cc1cc(N(C)C(=O)OC(C)(C)C)cc2c1C(=O)O[C@@H](C)[C@H](C)/C=C\[C@@H](O)[C@H]1OC(C)(C)O[C@H]1CC#C2. The highest BCUT2D eigenvalue weighted by Gasteiger charge is 2.47. The molecule has 7 aliphatic heterocycles. The fourth-order valence-corrected chi connectivity index (χ4v) is 15.2. The first-order valence-electron chi connectivity index (χ1n) is 46.6. The lowest BCUT2D eigenvalue weighted by Gasteiger charge is -2.26. The lowest BCUT2D eigenvalue weighted by atomic mass is 9.94. The second-order valence-corrected chi connectivity index (χ2v) is 40.3. The predicted octanol–water partition coefficient (Wildman–Crippen LogP) is 16.9. The zero-order chi connectivity index (χ0) is 103. The Bertz CT molecular complexity index is 5390. The van der Waals surface area contributed by atoms with E-state index < -0.39 is 143 Å². The lowest BCUT2D eigenvalue weighted by Crippen LogP contribution is -2.34. The molecule has 4 aromatic rings. The van der Waals surface area contributed by atoms with Gasteiger partial charge in [0.1, 0.15) is 83.1 Å². The molecule has 138 heavy (non-hydrogen) atoms. The standard InChI is InChI=1S/C30H41NO6.C29H39NO7.C29H37NO7.C20H23NO6/c1-18-14-15-19(2)26-24(35-30(8,9)36-26)13-11-12-22-17-23(31(10)28(33)37-29(5,6)7)16-20(3)25(22)27(32)34-21(18)4;2*1-17-13-14-22(31)25-23(35-29(7,8)36-25)12-10-11-20-16-21(30(9)27(33)37-28(4,5)6)15-18(2)24(20)26(32)34-19(17)3;1-11-7-8-16(23)19(25)15(22)6-4-5-13-9-14(21-3)10-17(24)18(13)20(26)27-12(11)2/h14-19,21,24,26H,13H2,1-10H3;13-17,19,22-23,25,31H,12H2,1-9H3;13-17,19,23,25H,12H2,1-9H3;7-12,15,19,21-22,24-25H,6H2,1-3H3/b15-14-;2*14-13-;8-7-/t18-,19-,21+,24+,26-;17-,19+,22-,23+,25-;17-,19+,23+,25-;11-,12+,15+,19+/m1111/s1. The van der Waals surface area contributed by atoms with Crippen molar-refractivity contribution < 1.29 is 125 Å². The predicted molar refractivity (Wildman–Crippen MR) is 522 cm³/mol. The number of benzene rings is 4. The van der Waals surface area contributed by atoms with Crippen LogP contribution in [0.3, 0.4) is 0 Å². The molecule has 0 aliphatic carbocycles. The number of carbonyl (C=O) groups excluding carboxylic acids is 9. The molecule has 3 saturated heterocycles. The third-order valence-electron chi connectivity index (χ3n) is 23.5. The first-order chi connectivity index (χ1) is 64.0. The van der Waals surface area contributed by atoms with Crippen LogP contribution in [0.4, 0.5) is 37.1 Å². The van der Waals surface area contributed by atoms with Crippen LogP contribution in [0.2, 0.25) is 0 Å². The number of ether oxygens (including phenoxy) is 13. The Labute approximate surface area is 812 Å². The Balaban J connectivity index is 0.000000227. The van der Waals surface area contributed by atoms with E-state index in [4.69, 9.17) is 61.6 Å². The van der Waals surface area contributed by atoms with Gasteiger partial charge in [-0.3, -0.25) is 24.3 Å². The second-order valence-electron chi connectivity index (χ2n) is 40.3. The van der Waals surface area contributed by atoms with Crippen molar-refractivity contribution >= 4 is 76.5 Å². The van der Waals surface area contributed by atoms with Crippen LogP contribution in [0.5, 0.6) is 5.75 Å². The Hall–Kier alpha value is -11.7. The molecular weight excluding hydrogens is 1770 g/mol. The van der Waals surface area contributed by atoms with Gasteiger partial charge in [-0.2, -0.15) is 0 Å². The summed E-state index contributed by atoms with van der Waals surface area (Å²) in [5.41, 5.74) is 4.64. The summed E-state index contributed by atoms with van der Waals surface area (Å²) in [6.07, 6.45) is 4.07. The number of aliphatic hydroxyl groups is 3. The summed E-state index contributed by atoms with van der Waals surface area (Å²) in [5, 5.41) is 43.8. The van der Waals surface area contributed by atoms with Crippen molar-refractivity contribution in [1.82, 2.24) is 0 Å². The molecule has 5 N–H and O–H groups in total. The molecule has 4 aromatic carbocycles. The number of anilines is 4. The molecule has 30 heteroatoms. The molecule has 0 unspecified atom stereocenters. The molecule has 11 rings (SSSR count). The van der Waals surface area contributed by atoms with Crippen LogP contribution in [-0.2, 0) is 71.2 Å². The van der Waals surface area contributed by atoms with Gasteiger partial charge >= 0.3 is 42.2 Å². The van der Waals surface area contributed by atoms with Gasteiger partial charge in [0.2, 0.25) is 0 Å². The van der Waals surface area contributed by atoms with E-state index in [2.05, 4.69) is 71.8 Å². The zero-order valence-corrected chi connectivity index (χ0v) is 85.6. The average molecular weight is 1910 g/mol. The van der Waals surface area contributed by atoms with Crippen LogP contribution in [0.1, 0.15) is 272 Å². The Morgan fingerprint density at radius 3 is 1.09 bits per heavy atom. The summed E-state index contributed by atoms with van der Waals surface area (Å²) in [6, 6.07) is 13.3. The number of rotatable bonds is 4. The topological polar surface area (TPSA) is 376 Å². The third-order valence-corrected chi connectivity index (χ3v) is 23.5. The summed E-state index contributed by atoms with van der Waals surface area (Å²) in [5.74, 6) is 17.5. The molecule has 0 aromatic heterocycles. The van der Waals surface area contributed by atoms with Crippen molar-refractivity contribution in [2.75, 3.05) is 48.2 Å². The number of aryl methyl sites for hydroxylation is 3. The van der Waals surface area contributed by atoms with E-state index in [1.54, 1.807) is 194 Å². The molecule has 748 valence electrons. The third kappa shape index (κ3) is 30.9. The second kappa shape index (κ2) is 46.4. The Kier molecular flexibility index (Phi) is 37.6. The van der Waals surface area contributed by atoms with Gasteiger partial charge in [-0.25, -0.2) is 33.6 Å². The van der Waals surface area contributed by atoms with Crippen LogP contribution in [0.25, 0.3) is 0 Å². The van der Waals surface area contributed by atoms with Crippen molar-refractivity contribution in [3.8, 4) is 53.1 Å². The van der Waals surface area contributed by atoms with Crippen molar-refractivity contribution in [2.45, 2.75) is 326 Å². The van der Waals surface area contributed by atoms with Gasteiger partial charge < -0.3 is 87.3 Å². The Morgan fingerprint density at radius 2 is 0.710 bits per heavy atom. The minimum Gasteiger partial charge on any atom is -0.507 e. The molecule has 0 saturated carbocycles. The quantitative estimate of drug-likeness (QED) is 0.0548. The molecule has 0 bridgehead atoms. The number of phenolic OH excluding ortho intramolecular Hbond substituents is 1. The molecule has 0 radical (unpaired) electrons. The first kappa shape index (κ1) is 112. The van der Waals surface area contributed by atoms with E-state index in [-0.39, 0.29) is 89.8 Å². The van der Waals surface area contributed by atoms with Crippen molar-refractivity contribution in [2.24, 2.45) is 29.6 Å². The molecule has 7 heterocycles. The summed E-state index contributed by atoms with van der Waals surface area (Å²) < 4.78 is 75.6. The van der Waals surface area contributed by atoms with E-state index in [1.807, 2.05) is 75.3 Å². The number of cyclic esters (lactones) is 4. The lowest BCUT2D eigenvalue weighted by molar-refractivity contribution is -0.152. The highest BCUT2D eigenvalue weighted by atomic mass is 16.8. The minimum absolute atomic E-state index is 0.00413. The van der Waals surface area contributed by atoms with E-state index in [0.29, 0.717) is 79.2 Å². The smallest absolute Gasteiger partial charge is 0.414 e. The van der Waals surface area contributed by atoms with Gasteiger partial charge in [-0.15, -0.1) is 0 Å². The maximum atomic E-state index is 13.3. The number of aliphatic hydroxyl groups excluding tert-OH is 3. The Morgan fingerprint density at radius 1 is 0.399 bits per heavy atom. The van der Waals surface area contributed by atoms with Crippen LogP contribution in [0.15, 0.2) is 97.1 Å². The number of aromatic hydroxyl groups is 1. The minimum atomic E-state index is -1.60. The number of hydrogen-bond donors (Lipinski definition) is 5. The van der Waals surface area contributed by atoms with Crippen LogP contribution in [-0.4, -0.2) is 216 Å². The molecular formula is C108H140N4O26. The van der Waals surface area contributed by atoms with Gasteiger partial charge in [-0.1, -0.05) is 118 Å². The number of fused-ring (bicyclic) bond motifs is 7. The fourth-order valence-electron chi connectivity index (χ4n) is 15.2. The van der Waals surface area contributed by atoms with E-state index in [1.165, 1.54) is 32.9 Å².